The average Bonchev–Trinajstić information content (AvgIpc) is 2.69. The summed E-state index contributed by atoms with van der Waals surface area (Å²) in [6, 6.07) is 9.21. The molecule has 3 aromatic carbocycles. The van der Waals surface area contributed by atoms with E-state index in [1.165, 1.54) is 36.4 Å². The fraction of sp³-hybridized carbons (Fsp3) is 0.333. The minimum absolute atomic E-state index is 0.0291. The highest BCUT2D eigenvalue weighted by Crippen LogP contribution is 2.33. The molecule has 0 aliphatic rings. The summed E-state index contributed by atoms with van der Waals surface area (Å²) in [4.78, 5) is 0. The van der Waals surface area contributed by atoms with Crippen LogP contribution in [0.4, 0.5) is 22.0 Å². The third-order valence-electron chi connectivity index (χ3n) is 5.09. The molecule has 160 valence electrons. The summed E-state index contributed by atoms with van der Waals surface area (Å²) in [5.41, 5.74) is 0.653. The summed E-state index contributed by atoms with van der Waals surface area (Å²) in [5, 5.41) is 0.354. The second-order valence-corrected chi connectivity index (χ2v) is 7.29. The van der Waals surface area contributed by atoms with E-state index in [-0.39, 0.29) is 16.5 Å². The zero-order chi connectivity index (χ0) is 21.7. The zero-order valence-electron chi connectivity index (χ0n) is 16.7. The number of benzene rings is 3. The van der Waals surface area contributed by atoms with E-state index in [9.17, 15) is 22.0 Å². The van der Waals surface area contributed by atoms with Gasteiger partial charge >= 0.3 is 6.61 Å². The van der Waals surface area contributed by atoms with Crippen molar-refractivity contribution in [2.24, 2.45) is 0 Å². The number of hydrogen-bond acceptors (Lipinski definition) is 1. The van der Waals surface area contributed by atoms with Gasteiger partial charge < -0.3 is 4.74 Å². The third-order valence-corrected chi connectivity index (χ3v) is 5.09. The van der Waals surface area contributed by atoms with E-state index in [2.05, 4.69) is 11.7 Å². The first kappa shape index (κ1) is 22.1. The maximum absolute atomic E-state index is 14.7. The van der Waals surface area contributed by atoms with Crippen molar-refractivity contribution in [1.29, 1.82) is 0 Å². The van der Waals surface area contributed by atoms with Crippen LogP contribution in [0.1, 0.15) is 44.6 Å². The van der Waals surface area contributed by atoms with Gasteiger partial charge in [0.1, 0.15) is 11.6 Å². The van der Waals surface area contributed by atoms with Crippen molar-refractivity contribution >= 4 is 10.8 Å². The van der Waals surface area contributed by atoms with Crippen LogP contribution in [0.15, 0.2) is 42.5 Å². The van der Waals surface area contributed by atoms with Gasteiger partial charge in [0.05, 0.1) is 5.56 Å². The molecule has 0 bridgehead atoms. The van der Waals surface area contributed by atoms with Gasteiger partial charge in [-0.3, -0.25) is 0 Å². The number of aryl methyl sites for hydroxylation is 1. The van der Waals surface area contributed by atoms with Crippen LogP contribution in [0.25, 0.3) is 21.9 Å². The first-order valence-electron chi connectivity index (χ1n) is 10.1. The minimum atomic E-state index is -3.15. The Morgan fingerprint density at radius 1 is 0.833 bits per heavy atom. The Kier molecular flexibility index (Phi) is 7.29. The molecule has 0 saturated carbocycles. The lowest BCUT2D eigenvalue weighted by Gasteiger charge is -2.11. The van der Waals surface area contributed by atoms with Gasteiger partial charge in [-0.15, -0.1) is 0 Å². The Morgan fingerprint density at radius 3 is 2.20 bits per heavy atom. The predicted octanol–water partition coefficient (Wildman–Crippen LogP) is 8.04. The van der Waals surface area contributed by atoms with Gasteiger partial charge in [0.2, 0.25) is 0 Å². The minimum Gasteiger partial charge on any atom is -0.432 e. The zero-order valence-corrected chi connectivity index (χ0v) is 16.7. The van der Waals surface area contributed by atoms with E-state index >= 15 is 0 Å². The Labute approximate surface area is 172 Å². The molecule has 0 saturated heterocycles. The van der Waals surface area contributed by atoms with Crippen LogP contribution in [-0.2, 0) is 6.42 Å². The molecular formula is C24H23F5O. The van der Waals surface area contributed by atoms with Gasteiger partial charge in [-0.05, 0) is 53.6 Å². The Morgan fingerprint density at radius 2 is 1.53 bits per heavy atom. The van der Waals surface area contributed by atoms with Crippen LogP contribution in [0.2, 0.25) is 0 Å². The van der Waals surface area contributed by atoms with Crippen LogP contribution >= 0.6 is 0 Å². The number of unbranched alkanes of at least 4 members (excludes halogenated alkanes) is 4. The molecule has 0 aliphatic carbocycles. The Hall–Kier alpha value is -2.63. The van der Waals surface area contributed by atoms with Gasteiger partial charge in [-0.2, -0.15) is 8.78 Å². The lowest BCUT2D eigenvalue weighted by atomic mass is 9.97. The molecule has 0 N–H and O–H groups in total. The largest absolute Gasteiger partial charge is 0.432 e. The molecule has 0 fully saturated rings. The van der Waals surface area contributed by atoms with E-state index in [1.807, 2.05) is 0 Å². The van der Waals surface area contributed by atoms with Gasteiger partial charge in [-0.1, -0.05) is 50.8 Å². The third kappa shape index (κ3) is 5.10. The second kappa shape index (κ2) is 9.92. The first-order chi connectivity index (χ1) is 14.4. The van der Waals surface area contributed by atoms with Gasteiger partial charge in [0.15, 0.2) is 11.6 Å². The van der Waals surface area contributed by atoms with E-state index in [0.717, 1.165) is 38.2 Å². The van der Waals surface area contributed by atoms with Crippen molar-refractivity contribution in [3.8, 4) is 16.9 Å². The second-order valence-electron chi connectivity index (χ2n) is 7.29. The molecule has 0 unspecified atom stereocenters. The number of halogens is 5. The normalized spacial score (nSPS) is 11.4. The molecule has 0 atom stereocenters. The highest BCUT2D eigenvalue weighted by Gasteiger charge is 2.17. The lowest BCUT2D eigenvalue weighted by Crippen LogP contribution is -2.03. The van der Waals surface area contributed by atoms with Crippen LogP contribution in [0.5, 0.6) is 5.75 Å². The smallest absolute Gasteiger partial charge is 0.387 e. The predicted molar refractivity (Wildman–Crippen MR) is 108 cm³/mol. The molecule has 1 nitrogen and oxygen atoms in total. The maximum Gasteiger partial charge on any atom is 0.387 e. The Balaban J connectivity index is 1.86. The average molecular weight is 422 g/mol. The summed E-state index contributed by atoms with van der Waals surface area (Å²) in [6.07, 6.45) is 5.89. The van der Waals surface area contributed by atoms with E-state index < -0.39 is 29.8 Å². The molecule has 3 aromatic rings. The molecule has 0 spiro atoms. The number of rotatable bonds is 9. The molecule has 3 rings (SSSR count). The molecule has 30 heavy (non-hydrogen) atoms. The number of hydrogen-bond donors (Lipinski definition) is 0. The first-order valence-corrected chi connectivity index (χ1v) is 10.1. The summed E-state index contributed by atoms with van der Waals surface area (Å²) >= 11 is 0. The summed E-state index contributed by atoms with van der Waals surface area (Å²) in [5.74, 6) is -2.89. The highest BCUT2D eigenvalue weighted by molar-refractivity contribution is 5.89. The van der Waals surface area contributed by atoms with Gasteiger partial charge in [0, 0.05) is 5.39 Å². The summed E-state index contributed by atoms with van der Waals surface area (Å²) < 4.78 is 72.6. The van der Waals surface area contributed by atoms with Gasteiger partial charge in [-0.25, -0.2) is 13.2 Å². The summed E-state index contributed by atoms with van der Waals surface area (Å²) in [6.45, 7) is -1.02. The quantitative estimate of drug-likeness (QED) is 0.250. The number of alkyl halides is 2. The lowest BCUT2D eigenvalue weighted by molar-refractivity contribution is -0.0520. The maximum atomic E-state index is 14.7. The van der Waals surface area contributed by atoms with Crippen molar-refractivity contribution in [1.82, 2.24) is 0 Å². The molecular weight excluding hydrogens is 399 g/mol. The molecule has 0 aliphatic heterocycles. The van der Waals surface area contributed by atoms with Crippen LogP contribution in [-0.4, -0.2) is 6.61 Å². The van der Waals surface area contributed by atoms with Gasteiger partial charge in [0.25, 0.3) is 0 Å². The Bertz CT molecular complexity index is 993. The highest BCUT2D eigenvalue weighted by atomic mass is 19.3. The van der Waals surface area contributed by atoms with Crippen molar-refractivity contribution in [2.75, 3.05) is 0 Å². The van der Waals surface area contributed by atoms with Crippen molar-refractivity contribution in [3.63, 3.8) is 0 Å². The number of fused-ring (bicyclic) bond motifs is 1. The van der Waals surface area contributed by atoms with E-state index in [1.54, 1.807) is 0 Å². The molecule has 0 aromatic heterocycles. The molecule has 0 radical (unpaired) electrons. The summed E-state index contributed by atoms with van der Waals surface area (Å²) in [7, 11) is 0. The molecule has 0 heterocycles. The van der Waals surface area contributed by atoms with Crippen LogP contribution in [0.3, 0.4) is 0 Å². The van der Waals surface area contributed by atoms with Crippen molar-refractivity contribution in [2.45, 2.75) is 52.1 Å². The molecule has 6 heteroatoms. The van der Waals surface area contributed by atoms with Crippen LogP contribution in [0, 0.1) is 17.5 Å². The topological polar surface area (TPSA) is 9.23 Å². The van der Waals surface area contributed by atoms with E-state index in [0.29, 0.717) is 17.4 Å². The standard InChI is InChI=1S/C24H23F5O/c1-2-3-4-5-6-7-15-12-19(25)22(20(26)13-15)17-8-10-18-16(14-17)9-11-21(23(18)27)30-24(28)29/h8-14,24H,2-7H2,1H3. The number of ether oxygens (including phenoxy) is 1. The molecule has 0 amide bonds. The van der Waals surface area contributed by atoms with Crippen molar-refractivity contribution in [3.05, 3.63) is 65.5 Å². The van der Waals surface area contributed by atoms with Crippen LogP contribution < -0.4 is 4.74 Å². The SMILES string of the molecule is CCCCCCCc1cc(F)c(-c2ccc3c(F)c(OC(F)F)ccc3c2)c(F)c1. The van der Waals surface area contributed by atoms with E-state index in [4.69, 9.17) is 0 Å². The fourth-order valence-corrected chi connectivity index (χ4v) is 3.59. The monoisotopic (exact) mass is 422 g/mol. The van der Waals surface area contributed by atoms with Crippen molar-refractivity contribution < 1.29 is 26.7 Å². The fourth-order valence-electron chi connectivity index (χ4n) is 3.59.